The lowest BCUT2D eigenvalue weighted by Gasteiger charge is -2.22. The molecule has 3 heterocycles. The van der Waals surface area contributed by atoms with E-state index in [1.807, 2.05) is 55.2 Å². The smallest absolute Gasteiger partial charge is 0.134 e. The van der Waals surface area contributed by atoms with E-state index in [4.69, 9.17) is 4.74 Å². The van der Waals surface area contributed by atoms with E-state index in [2.05, 4.69) is 32.8 Å². The molecule has 0 aliphatic rings. The number of anilines is 2. The fourth-order valence-corrected chi connectivity index (χ4v) is 3.09. The van der Waals surface area contributed by atoms with Crippen molar-refractivity contribution in [1.29, 1.82) is 0 Å². The molecule has 1 aromatic carbocycles. The summed E-state index contributed by atoms with van der Waals surface area (Å²) in [5, 5.41) is 0. The van der Waals surface area contributed by atoms with Gasteiger partial charge >= 0.3 is 0 Å². The molecule has 136 valence electrons. The van der Waals surface area contributed by atoms with Gasteiger partial charge in [-0.05, 0) is 25.1 Å². The summed E-state index contributed by atoms with van der Waals surface area (Å²) in [6.07, 6.45) is 7.18. The third kappa shape index (κ3) is 3.33. The number of nitrogens with zero attached hydrogens (tertiary/aromatic N) is 5. The number of hydrogen-bond acceptors (Lipinski definition) is 5. The van der Waals surface area contributed by atoms with Crippen molar-refractivity contribution >= 4 is 22.5 Å². The molecule has 3 aromatic heterocycles. The number of ether oxygens (including phenoxy) is 1. The van der Waals surface area contributed by atoms with Crippen molar-refractivity contribution in [3.8, 4) is 5.75 Å². The maximum absolute atomic E-state index is 6.03. The Morgan fingerprint density at radius 1 is 1.11 bits per heavy atom. The number of fused-ring (bicyclic) bond motifs is 1. The molecule has 4 rings (SSSR count). The van der Waals surface area contributed by atoms with Gasteiger partial charge < -0.3 is 14.2 Å². The monoisotopic (exact) mass is 359 g/mol. The van der Waals surface area contributed by atoms with Crippen LogP contribution in [0.1, 0.15) is 11.1 Å². The highest BCUT2D eigenvalue weighted by molar-refractivity contribution is 5.79. The van der Waals surface area contributed by atoms with Crippen molar-refractivity contribution in [2.75, 3.05) is 11.9 Å². The number of pyridine rings is 2. The van der Waals surface area contributed by atoms with E-state index in [-0.39, 0.29) is 0 Å². The van der Waals surface area contributed by atoms with Crippen LogP contribution < -0.4 is 9.64 Å². The van der Waals surface area contributed by atoms with Gasteiger partial charge in [-0.25, -0.2) is 9.97 Å². The standard InChI is InChI=1S/C21H21N5O/c1-15-18(7-4-8-20(15)27-13-16-6-5-9-22-11-16)26(3)21-10-19-17(12-23-21)24-14-25(19)2/h4-12,14H,13H2,1-3H3. The van der Waals surface area contributed by atoms with Crippen molar-refractivity contribution in [1.82, 2.24) is 19.5 Å². The molecule has 0 unspecified atom stereocenters. The first-order valence-corrected chi connectivity index (χ1v) is 8.75. The molecular weight excluding hydrogens is 338 g/mol. The first kappa shape index (κ1) is 17.0. The summed E-state index contributed by atoms with van der Waals surface area (Å²) in [5.74, 6) is 1.71. The quantitative estimate of drug-likeness (QED) is 0.539. The van der Waals surface area contributed by atoms with E-state index in [0.29, 0.717) is 6.61 Å². The third-order valence-corrected chi connectivity index (χ3v) is 4.68. The van der Waals surface area contributed by atoms with Gasteiger partial charge in [0.05, 0.1) is 18.0 Å². The van der Waals surface area contributed by atoms with E-state index in [1.54, 1.807) is 18.7 Å². The molecule has 0 saturated carbocycles. The van der Waals surface area contributed by atoms with Gasteiger partial charge in [0.1, 0.15) is 23.7 Å². The molecule has 0 radical (unpaired) electrons. The topological polar surface area (TPSA) is 56.1 Å². The summed E-state index contributed by atoms with van der Waals surface area (Å²) in [5.41, 5.74) is 5.09. The van der Waals surface area contributed by atoms with Crippen molar-refractivity contribution in [2.24, 2.45) is 7.05 Å². The van der Waals surface area contributed by atoms with Gasteiger partial charge in [0.25, 0.3) is 0 Å². The average molecular weight is 359 g/mol. The van der Waals surface area contributed by atoms with Crippen LogP contribution in [0.2, 0.25) is 0 Å². The van der Waals surface area contributed by atoms with Gasteiger partial charge in [-0.1, -0.05) is 12.1 Å². The molecule has 0 amide bonds. The number of benzene rings is 1. The second-order valence-corrected chi connectivity index (χ2v) is 6.50. The van der Waals surface area contributed by atoms with E-state index < -0.39 is 0 Å². The second kappa shape index (κ2) is 7.07. The highest BCUT2D eigenvalue weighted by Crippen LogP contribution is 2.32. The zero-order valence-corrected chi connectivity index (χ0v) is 15.6. The molecule has 0 N–H and O–H groups in total. The van der Waals surface area contributed by atoms with Crippen LogP contribution in [0, 0.1) is 6.92 Å². The number of rotatable bonds is 5. The molecule has 6 heteroatoms. The fourth-order valence-electron chi connectivity index (χ4n) is 3.09. The molecule has 0 saturated heterocycles. The van der Waals surface area contributed by atoms with Crippen LogP contribution in [0.5, 0.6) is 5.75 Å². The van der Waals surface area contributed by atoms with Crippen LogP contribution in [-0.4, -0.2) is 26.6 Å². The maximum Gasteiger partial charge on any atom is 0.134 e. The van der Waals surface area contributed by atoms with Crippen LogP contribution in [-0.2, 0) is 13.7 Å². The van der Waals surface area contributed by atoms with Gasteiger partial charge in [0.2, 0.25) is 0 Å². The minimum Gasteiger partial charge on any atom is -0.488 e. The van der Waals surface area contributed by atoms with E-state index in [9.17, 15) is 0 Å². The normalized spacial score (nSPS) is 10.9. The Hall–Kier alpha value is -3.41. The Bertz CT molecular complexity index is 1070. The molecule has 0 spiro atoms. The molecule has 0 bridgehead atoms. The van der Waals surface area contributed by atoms with Gasteiger partial charge in [-0.3, -0.25) is 4.98 Å². The fraction of sp³-hybridized carbons (Fsp3) is 0.190. The van der Waals surface area contributed by atoms with Gasteiger partial charge in [0, 0.05) is 49.4 Å². The summed E-state index contributed by atoms with van der Waals surface area (Å²) in [6.45, 7) is 2.55. The van der Waals surface area contributed by atoms with Crippen molar-refractivity contribution in [3.05, 3.63) is 72.4 Å². The molecule has 27 heavy (non-hydrogen) atoms. The Morgan fingerprint density at radius 2 is 2.00 bits per heavy atom. The van der Waals surface area contributed by atoms with Crippen molar-refractivity contribution in [2.45, 2.75) is 13.5 Å². The second-order valence-electron chi connectivity index (χ2n) is 6.50. The first-order valence-electron chi connectivity index (χ1n) is 8.75. The Balaban J connectivity index is 1.61. The Kier molecular flexibility index (Phi) is 4.46. The summed E-state index contributed by atoms with van der Waals surface area (Å²) >= 11 is 0. The van der Waals surface area contributed by atoms with Gasteiger partial charge in [-0.2, -0.15) is 0 Å². The maximum atomic E-state index is 6.03. The predicted octanol–water partition coefficient (Wildman–Crippen LogP) is 4.02. The molecule has 0 atom stereocenters. The summed E-state index contributed by atoms with van der Waals surface area (Å²) in [4.78, 5) is 15.1. The van der Waals surface area contributed by atoms with Gasteiger partial charge in [-0.15, -0.1) is 0 Å². The minimum absolute atomic E-state index is 0.487. The predicted molar refractivity (Wildman–Crippen MR) is 106 cm³/mol. The van der Waals surface area contributed by atoms with Crippen molar-refractivity contribution in [3.63, 3.8) is 0 Å². The van der Waals surface area contributed by atoms with Crippen LogP contribution in [0.4, 0.5) is 11.5 Å². The number of aryl methyl sites for hydroxylation is 1. The Morgan fingerprint density at radius 3 is 2.81 bits per heavy atom. The SMILES string of the molecule is Cc1c(OCc2cccnc2)cccc1N(C)c1cc2c(cn1)ncn2C. The molecule has 0 fully saturated rings. The number of aromatic nitrogens is 4. The van der Waals surface area contributed by atoms with E-state index in [0.717, 1.165) is 39.4 Å². The number of hydrogen-bond donors (Lipinski definition) is 0. The lowest BCUT2D eigenvalue weighted by molar-refractivity contribution is 0.304. The van der Waals surface area contributed by atoms with Crippen molar-refractivity contribution < 1.29 is 4.74 Å². The molecule has 6 nitrogen and oxygen atoms in total. The summed E-state index contributed by atoms with van der Waals surface area (Å²) in [6, 6.07) is 12.0. The lowest BCUT2D eigenvalue weighted by Crippen LogP contribution is -2.13. The summed E-state index contributed by atoms with van der Waals surface area (Å²) < 4.78 is 8.02. The zero-order chi connectivity index (χ0) is 18.8. The lowest BCUT2D eigenvalue weighted by atomic mass is 10.1. The van der Waals surface area contributed by atoms with Crippen LogP contribution in [0.15, 0.2) is 61.3 Å². The number of imidazole rings is 1. The minimum atomic E-state index is 0.487. The third-order valence-electron chi connectivity index (χ3n) is 4.68. The molecular formula is C21H21N5O. The highest BCUT2D eigenvalue weighted by Gasteiger charge is 2.13. The first-order chi connectivity index (χ1) is 13.1. The molecule has 4 aromatic rings. The Labute approximate surface area is 158 Å². The van der Waals surface area contributed by atoms with Crippen LogP contribution >= 0.6 is 0 Å². The van der Waals surface area contributed by atoms with Crippen LogP contribution in [0.3, 0.4) is 0 Å². The van der Waals surface area contributed by atoms with E-state index in [1.165, 1.54) is 0 Å². The molecule has 0 aliphatic carbocycles. The van der Waals surface area contributed by atoms with E-state index >= 15 is 0 Å². The highest BCUT2D eigenvalue weighted by atomic mass is 16.5. The summed E-state index contributed by atoms with van der Waals surface area (Å²) in [7, 11) is 4.00. The zero-order valence-electron chi connectivity index (χ0n) is 15.6. The van der Waals surface area contributed by atoms with Crippen LogP contribution in [0.25, 0.3) is 11.0 Å². The molecule has 0 aliphatic heterocycles. The van der Waals surface area contributed by atoms with Gasteiger partial charge in [0.15, 0.2) is 0 Å². The largest absolute Gasteiger partial charge is 0.488 e. The average Bonchev–Trinajstić information content (AvgIpc) is 3.08.